The van der Waals surface area contributed by atoms with Crippen LogP contribution in [0, 0.1) is 6.92 Å². The van der Waals surface area contributed by atoms with E-state index in [1.165, 1.54) is 0 Å². The molecule has 0 unspecified atom stereocenters. The second kappa shape index (κ2) is 8.49. The van der Waals surface area contributed by atoms with Gasteiger partial charge in [0.05, 0.1) is 6.54 Å². The third-order valence-electron chi connectivity index (χ3n) is 4.00. The third kappa shape index (κ3) is 4.93. The lowest BCUT2D eigenvalue weighted by atomic mass is 10.1. The quantitative estimate of drug-likeness (QED) is 0.687. The zero-order chi connectivity index (χ0) is 16.7. The van der Waals surface area contributed by atoms with E-state index in [0.717, 1.165) is 35.5 Å². The van der Waals surface area contributed by atoms with Crippen LogP contribution in [0.25, 0.3) is 0 Å². The van der Waals surface area contributed by atoms with Crippen molar-refractivity contribution in [1.29, 1.82) is 0 Å². The topological polar surface area (TPSA) is 29.5 Å². The fourth-order valence-corrected chi connectivity index (χ4v) is 2.46. The molecular weight excluding hydrogens is 286 g/mol. The number of aryl methyl sites for hydroxylation is 1. The summed E-state index contributed by atoms with van der Waals surface area (Å²) in [6.07, 6.45) is 0. The maximum atomic E-state index is 12.3. The average molecular weight is 311 g/mol. The fourth-order valence-electron chi connectivity index (χ4n) is 2.46. The van der Waals surface area contributed by atoms with E-state index in [-0.39, 0.29) is 5.78 Å². The van der Waals surface area contributed by atoms with Crippen LogP contribution in [0.4, 0.5) is 0 Å². The van der Waals surface area contributed by atoms with E-state index in [0.29, 0.717) is 13.2 Å². The molecule has 0 spiro atoms. The number of ether oxygens (including phenoxy) is 1. The van der Waals surface area contributed by atoms with E-state index in [2.05, 4.69) is 18.7 Å². The molecule has 3 heteroatoms. The monoisotopic (exact) mass is 311 g/mol. The molecule has 0 heterocycles. The molecule has 0 aliphatic heterocycles. The van der Waals surface area contributed by atoms with E-state index in [1.807, 2.05) is 55.5 Å². The van der Waals surface area contributed by atoms with Gasteiger partial charge in [0, 0.05) is 5.56 Å². The van der Waals surface area contributed by atoms with Crippen LogP contribution in [-0.2, 0) is 6.61 Å². The highest BCUT2D eigenvalue weighted by Crippen LogP contribution is 2.21. The van der Waals surface area contributed by atoms with E-state index < -0.39 is 0 Å². The molecule has 2 rings (SSSR count). The summed E-state index contributed by atoms with van der Waals surface area (Å²) in [5.74, 6) is 0.986. The first kappa shape index (κ1) is 17.2. The lowest BCUT2D eigenvalue weighted by Gasteiger charge is -2.17. The summed E-state index contributed by atoms with van der Waals surface area (Å²) in [4.78, 5) is 14.5. The molecule has 2 aromatic rings. The lowest BCUT2D eigenvalue weighted by Crippen LogP contribution is -2.29. The molecular formula is C20H25NO2. The van der Waals surface area contributed by atoms with Crippen molar-refractivity contribution in [3.8, 4) is 5.75 Å². The fraction of sp³-hybridized carbons (Fsp3) is 0.350. The minimum absolute atomic E-state index is 0.159. The predicted octanol–water partition coefficient (Wildman–Crippen LogP) is 4.10. The second-order valence-electron chi connectivity index (χ2n) is 5.64. The normalized spacial score (nSPS) is 10.8. The van der Waals surface area contributed by atoms with Gasteiger partial charge < -0.3 is 4.74 Å². The molecule has 0 N–H and O–H groups in total. The highest BCUT2D eigenvalue weighted by molar-refractivity contribution is 5.97. The Morgan fingerprint density at radius 2 is 1.74 bits per heavy atom. The van der Waals surface area contributed by atoms with Crippen LogP contribution < -0.4 is 4.74 Å². The average Bonchev–Trinajstić information content (AvgIpc) is 2.59. The SMILES string of the molecule is CCN(CC)CC(=O)c1ccc(OCc2ccccc2)c(C)c1. The molecule has 0 fully saturated rings. The Morgan fingerprint density at radius 3 is 2.35 bits per heavy atom. The summed E-state index contributed by atoms with van der Waals surface area (Å²) in [5.41, 5.74) is 2.88. The molecule has 0 bridgehead atoms. The number of carbonyl (C=O) groups is 1. The van der Waals surface area contributed by atoms with Crippen molar-refractivity contribution in [3.63, 3.8) is 0 Å². The summed E-state index contributed by atoms with van der Waals surface area (Å²) >= 11 is 0. The molecule has 2 aromatic carbocycles. The van der Waals surface area contributed by atoms with Gasteiger partial charge in [-0.25, -0.2) is 0 Å². The van der Waals surface area contributed by atoms with Gasteiger partial charge in [0.1, 0.15) is 12.4 Å². The summed E-state index contributed by atoms with van der Waals surface area (Å²) in [7, 11) is 0. The number of rotatable bonds is 8. The lowest BCUT2D eigenvalue weighted by molar-refractivity contribution is 0.0937. The zero-order valence-corrected chi connectivity index (χ0v) is 14.2. The van der Waals surface area contributed by atoms with Crippen molar-refractivity contribution in [2.75, 3.05) is 19.6 Å². The third-order valence-corrected chi connectivity index (χ3v) is 4.00. The molecule has 0 radical (unpaired) electrons. The van der Waals surface area contributed by atoms with E-state index >= 15 is 0 Å². The number of hydrogen-bond donors (Lipinski definition) is 0. The van der Waals surface area contributed by atoms with E-state index in [1.54, 1.807) is 0 Å². The molecule has 3 nitrogen and oxygen atoms in total. The number of likely N-dealkylation sites (N-methyl/N-ethyl adjacent to an activating group) is 1. The maximum absolute atomic E-state index is 12.3. The summed E-state index contributed by atoms with van der Waals surface area (Å²) in [6.45, 7) is 8.91. The van der Waals surface area contributed by atoms with E-state index in [4.69, 9.17) is 4.74 Å². The molecule has 122 valence electrons. The van der Waals surface area contributed by atoms with Crippen LogP contribution in [0.5, 0.6) is 5.75 Å². The molecule has 23 heavy (non-hydrogen) atoms. The van der Waals surface area contributed by atoms with Crippen LogP contribution in [0.1, 0.15) is 35.3 Å². The molecule has 0 aliphatic carbocycles. The Hall–Kier alpha value is -2.13. The Bertz CT molecular complexity index is 633. The molecule has 0 saturated heterocycles. The van der Waals surface area contributed by atoms with Crippen molar-refractivity contribution >= 4 is 5.78 Å². The van der Waals surface area contributed by atoms with Crippen molar-refractivity contribution in [2.24, 2.45) is 0 Å². The highest BCUT2D eigenvalue weighted by atomic mass is 16.5. The van der Waals surface area contributed by atoms with Crippen LogP contribution in [0.2, 0.25) is 0 Å². The first-order valence-electron chi connectivity index (χ1n) is 8.17. The van der Waals surface area contributed by atoms with Gasteiger partial charge in [-0.2, -0.15) is 0 Å². The number of benzene rings is 2. The summed E-state index contributed by atoms with van der Waals surface area (Å²) < 4.78 is 5.86. The summed E-state index contributed by atoms with van der Waals surface area (Å²) in [6, 6.07) is 15.7. The van der Waals surface area contributed by atoms with Crippen LogP contribution in [0.3, 0.4) is 0 Å². The van der Waals surface area contributed by atoms with Gasteiger partial charge >= 0.3 is 0 Å². The Kier molecular flexibility index (Phi) is 6.36. The van der Waals surface area contributed by atoms with Crippen molar-refractivity contribution in [2.45, 2.75) is 27.4 Å². The molecule has 0 saturated carbocycles. The first-order valence-corrected chi connectivity index (χ1v) is 8.17. The largest absolute Gasteiger partial charge is 0.489 e. The number of carbonyl (C=O) groups excluding carboxylic acids is 1. The van der Waals surface area contributed by atoms with Gasteiger partial charge in [0.15, 0.2) is 5.78 Å². The smallest absolute Gasteiger partial charge is 0.176 e. The number of ketones is 1. The number of hydrogen-bond acceptors (Lipinski definition) is 3. The van der Waals surface area contributed by atoms with Gasteiger partial charge in [0.25, 0.3) is 0 Å². The molecule has 0 aromatic heterocycles. The second-order valence-corrected chi connectivity index (χ2v) is 5.64. The van der Waals surface area contributed by atoms with Gasteiger partial charge in [0.2, 0.25) is 0 Å². The number of Topliss-reactive ketones (excluding diaryl/α,β-unsaturated/α-hetero) is 1. The van der Waals surface area contributed by atoms with E-state index in [9.17, 15) is 4.79 Å². The Morgan fingerprint density at radius 1 is 1.04 bits per heavy atom. The van der Waals surface area contributed by atoms with Crippen molar-refractivity contribution in [3.05, 3.63) is 65.2 Å². The maximum Gasteiger partial charge on any atom is 0.176 e. The van der Waals surface area contributed by atoms with Crippen LogP contribution in [-0.4, -0.2) is 30.3 Å². The number of nitrogens with zero attached hydrogens (tertiary/aromatic N) is 1. The zero-order valence-electron chi connectivity index (χ0n) is 14.2. The van der Waals surface area contributed by atoms with Gasteiger partial charge in [-0.05, 0) is 49.3 Å². The molecule has 0 amide bonds. The Labute approximate surface area is 138 Å². The summed E-state index contributed by atoms with van der Waals surface area (Å²) in [5, 5.41) is 0. The molecule has 0 aliphatic rings. The van der Waals surface area contributed by atoms with Crippen LogP contribution in [0.15, 0.2) is 48.5 Å². The highest BCUT2D eigenvalue weighted by Gasteiger charge is 2.11. The first-order chi connectivity index (χ1) is 11.1. The Balaban J connectivity index is 2.01. The van der Waals surface area contributed by atoms with Crippen LogP contribution >= 0.6 is 0 Å². The van der Waals surface area contributed by atoms with Crippen molar-refractivity contribution in [1.82, 2.24) is 4.90 Å². The van der Waals surface area contributed by atoms with Gasteiger partial charge in [-0.3, -0.25) is 9.69 Å². The standard InChI is InChI=1S/C20H25NO2/c1-4-21(5-2)14-19(22)18-11-12-20(16(3)13-18)23-15-17-9-7-6-8-10-17/h6-13H,4-5,14-15H2,1-3H3. The minimum Gasteiger partial charge on any atom is -0.489 e. The predicted molar refractivity (Wildman–Crippen MR) is 94.1 cm³/mol. The molecule has 0 atom stereocenters. The van der Waals surface area contributed by atoms with Crippen molar-refractivity contribution < 1.29 is 9.53 Å². The van der Waals surface area contributed by atoms with Gasteiger partial charge in [-0.1, -0.05) is 44.2 Å². The minimum atomic E-state index is 0.159. The van der Waals surface area contributed by atoms with Gasteiger partial charge in [-0.15, -0.1) is 0 Å².